The number of tetrazole rings is 1. The van der Waals surface area contributed by atoms with E-state index in [-0.39, 0.29) is 31.4 Å². The molecule has 12 nitrogen and oxygen atoms in total. The van der Waals surface area contributed by atoms with Gasteiger partial charge in [0.15, 0.2) is 18.3 Å². The highest BCUT2D eigenvalue weighted by Gasteiger charge is 2.25. The number of hydrogen-bond acceptors (Lipinski definition) is 10. The van der Waals surface area contributed by atoms with E-state index in [0.29, 0.717) is 34.0 Å². The van der Waals surface area contributed by atoms with Gasteiger partial charge in [-0.1, -0.05) is 30.3 Å². The van der Waals surface area contributed by atoms with Gasteiger partial charge in [0.05, 0.1) is 17.8 Å². The van der Waals surface area contributed by atoms with Gasteiger partial charge in [-0.15, -0.1) is 5.10 Å². The molecule has 35 heavy (non-hydrogen) atoms. The Bertz CT molecular complexity index is 1400. The van der Waals surface area contributed by atoms with Crippen LogP contribution in [0.25, 0.3) is 23.2 Å². The highest BCUT2D eigenvalue weighted by molar-refractivity contribution is 6.15. The summed E-state index contributed by atoms with van der Waals surface area (Å²) in [5, 5.41) is 23.1. The summed E-state index contributed by atoms with van der Waals surface area (Å²) < 4.78 is 22.9. The van der Waals surface area contributed by atoms with Gasteiger partial charge in [-0.25, -0.2) is 4.79 Å². The molecule has 2 aromatic carbocycles. The van der Waals surface area contributed by atoms with Crippen molar-refractivity contribution in [3.8, 4) is 17.1 Å². The van der Waals surface area contributed by atoms with Crippen LogP contribution in [0.2, 0.25) is 0 Å². The molecule has 1 aliphatic heterocycles. The van der Waals surface area contributed by atoms with E-state index < -0.39 is 10.9 Å². The Hall–Kier alpha value is -4.84. The van der Waals surface area contributed by atoms with Crippen molar-refractivity contribution in [2.24, 2.45) is 0 Å². The summed E-state index contributed by atoms with van der Waals surface area (Å²) in [6.45, 7) is -0.158. The second kappa shape index (κ2) is 9.57. The summed E-state index contributed by atoms with van der Waals surface area (Å²) in [6.07, 6.45) is 2.90. The van der Waals surface area contributed by atoms with Crippen molar-refractivity contribution in [1.82, 2.24) is 20.2 Å². The lowest BCUT2D eigenvalue weighted by atomic mass is 10.1. The first-order chi connectivity index (χ1) is 17.1. The van der Waals surface area contributed by atoms with Gasteiger partial charge in [-0.3, -0.25) is 10.1 Å². The zero-order valence-corrected chi connectivity index (χ0v) is 18.1. The van der Waals surface area contributed by atoms with Gasteiger partial charge in [0.25, 0.3) is 5.69 Å². The standard InChI is InChI=1S/C23H17N5O7/c29-23(34-13-17-10-18(28(30)31)9-16-12-32-14-35-21(16)17)20(11-19-7-4-8-33-19)27-22(24-25-26-27)15-5-2-1-3-6-15/h1-11H,12-14H2/b20-11-. The third-order valence-corrected chi connectivity index (χ3v) is 5.10. The summed E-state index contributed by atoms with van der Waals surface area (Å²) in [7, 11) is 0. The number of nitrogens with zero attached hydrogens (tertiary/aromatic N) is 5. The topological polar surface area (TPSA) is 145 Å². The summed E-state index contributed by atoms with van der Waals surface area (Å²) in [6, 6.07) is 15.1. The molecule has 0 saturated carbocycles. The van der Waals surface area contributed by atoms with Gasteiger partial charge < -0.3 is 18.6 Å². The Kier molecular flexibility index (Phi) is 6.01. The molecule has 3 heterocycles. The molecule has 0 spiro atoms. The molecule has 176 valence electrons. The fourth-order valence-corrected chi connectivity index (χ4v) is 3.54. The fourth-order valence-electron chi connectivity index (χ4n) is 3.54. The normalized spacial score (nSPS) is 13.1. The highest BCUT2D eigenvalue weighted by atomic mass is 16.7. The number of carbonyl (C=O) groups is 1. The van der Waals surface area contributed by atoms with E-state index >= 15 is 0 Å². The van der Waals surface area contributed by atoms with Crippen LogP contribution in [0, 0.1) is 10.1 Å². The van der Waals surface area contributed by atoms with Crippen LogP contribution in [0.4, 0.5) is 5.69 Å². The van der Waals surface area contributed by atoms with Gasteiger partial charge in [-0.2, -0.15) is 4.68 Å². The molecule has 12 heteroatoms. The lowest BCUT2D eigenvalue weighted by molar-refractivity contribution is -0.385. The predicted octanol–water partition coefficient (Wildman–Crippen LogP) is 3.45. The van der Waals surface area contributed by atoms with Crippen molar-refractivity contribution in [3.63, 3.8) is 0 Å². The molecule has 0 fully saturated rings. The molecule has 2 aromatic heterocycles. The molecule has 0 atom stereocenters. The number of furan rings is 1. The van der Waals surface area contributed by atoms with Gasteiger partial charge in [0.1, 0.15) is 18.1 Å². The molecular weight excluding hydrogens is 458 g/mol. The van der Waals surface area contributed by atoms with E-state index in [2.05, 4.69) is 15.5 Å². The number of non-ortho nitro benzene ring substituents is 1. The Labute approximate surface area is 197 Å². The number of nitro groups is 1. The fraction of sp³-hybridized carbons (Fsp3) is 0.130. The van der Waals surface area contributed by atoms with E-state index in [9.17, 15) is 14.9 Å². The first kappa shape index (κ1) is 22.0. The quantitative estimate of drug-likeness (QED) is 0.169. The largest absolute Gasteiger partial charge is 0.467 e. The first-order valence-corrected chi connectivity index (χ1v) is 10.4. The third kappa shape index (κ3) is 4.63. The van der Waals surface area contributed by atoms with Crippen LogP contribution < -0.4 is 4.74 Å². The molecule has 4 aromatic rings. The number of esters is 1. The number of carbonyl (C=O) groups excluding carboxylic acids is 1. The smallest absolute Gasteiger partial charge is 0.357 e. The van der Waals surface area contributed by atoms with E-state index in [1.165, 1.54) is 29.2 Å². The lowest BCUT2D eigenvalue weighted by Crippen LogP contribution is -2.17. The van der Waals surface area contributed by atoms with Crippen LogP contribution >= 0.6 is 0 Å². The molecule has 0 aliphatic carbocycles. The van der Waals surface area contributed by atoms with Crippen molar-refractivity contribution >= 4 is 23.4 Å². The number of nitro benzene ring substituents is 1. The molecule has 0 N–H and O–H groups in total. The van der Waals surface area contributed by atoms with Gasteiger partial charge in [-0.05, 0) is 22.6 Å². The number of benzene rings is 2. The van der Waals surface area contributed by atoms with Gasteiger partial charge in [0.2, 0.25) is 0 Å². The molecular formula is C23H17N5O7. The molecule has 0 unspecified atom stereocenters. The second-order valence-electron chi connectivity index (χ2n) is 7.36. The molecule has 1 aliphatic rings. The summed E-state index contributed by atoms with van der Waals surface area (Å²) in [4.78, 5) is 24.1. The van der Waals surface area contributed by atoms with Crippen molar-refractivity contribution in [1.29, 1.82) is 0 Å². The van der Waals surface area contributed by atoms with E-state index in [1.54, 1.807) is 24.3 Å². The van der Waals surface area contributed by atoms with Crippen molar-refractivity contribution in [3.05, 3.63) is 87.9 Å². The van der Waals surface area contributed by atoms with Crippen LogP contribution in [-0.4, -0.2) is 37.9 Å². The van der Waals surface area contributed by atoms with Crippen LogP contribution in [0.1, 0.15) is 16.9 Å². The van der Waals surface area contributed by atoms with Crippen LogP contribution in [0.5, 0.6) is 5.75 Å². The Morgan fingerprint density at radius 2 is 2.06 bits per heavy atom. The average molecular weight is 475 g/mol. The summed E-state index contributed by atoms with van der Waals surface area (Å²) in [5.41, 5.74) is 1.32. The minimum atomic E-state index is -0.779. The Balaban J connectivity index is 1.48. The van der Waals surface area contributed by atoms with Crippen molar-refractivity contribution in [2.45, 2.75) is 13.2 Å². The van der Waals surface area contributed by atoms with Crippen LogP contribution in [0.3, 0.4) is 0 Å². The Morgan fingerprint density at radius 1 is 1.20 bits per heavy atom. The molecule has 0 amide bonds. The van der Waals surface area contributed by atoms with E-state index in [4.69, 9.17) is 18.6 Å². The zero-order chi connectivity index (χ0) is 24.2. The molecule has 0 radical (unpaired) electrons. The zero-order valence-electron chi connectivity index (χ0n) is 18.1. The molecule has 0 bridgehead atoms. The van der Waals surface area contributed by atoms with Crippen LogP contribution in [-0.2, 0) is 27.5 Å². The van der Waals surface area contributed by atoms with Crippen LogP contribution in [0.15, 0.2) is 65.3 Å². The summed E-state index contributed by atoms with van der Waals surface area (Å²) >= 11 is 0. The Morgan fingerprint density at radius 3 is 2.83 bits per heavy atom. The molecule has 5 rings (SSSR count). The second-order valence-corrected chi connectivity index (χ2v) is 7.36. The number of fused-ring (bicyclic) bond motifs is 1. The van der Waals surface area contributed by atoms with Crippen molar-refractivity contribution in [2.75, 3.05) is 6.79 Å². The number of rotatable bonds is 7. The first-order valence-electron chi connectivity index (χ1n) is 10.4. The number of hydrogen-bond donors (Lipinski definition) is 0. The maximum Gasteiger partial charge on any atom is 0.357 e. The number of aromatic nitrogens is 4. The van der Waals surface area contributed by atoms with Crippen molar-refractivity contribution < 1.29 is 28.3 Å². The maximum absolute atomic E-state index is 13.3. The summed E-state index contributed by atoms with van der Waals surface area (Å²) in [5.74, 6) is 0.296. The lowest BCUT2D eigenvalue weighted by Gasteiger charge is -2.20. The highest BCUT2D eigenvalue weighted by Crippen LogP contribution is 2.33. The maximum atomic E-state index is 13.3. The number of ether oxygens (including phenoxy) is 3. The minimum absolute atomic E-state index is 0.0134. The third-order valence-electron chi connectivity index (χ3n) is 5.10. The predicted molar refractivity (Wildman–Crippen MR) is 119 cm³/mol. The molecule has 0 saturated heterocycles. The van der Waals surface area contributed by atoms with E-state index in [1.807, 2.05) is 18.2 Å². The average Bonchev–Trinajstić information content (AvgIpc) is 3.58. The van der Waals surface area contributed by atoms with Gasteiger partial charge in [0, 0.05) is 34.9 Å². The minimum Gasteiger partial charge on any atom is -0.467 e. The SMILES string of the molecule is O=C(OCc1cc([N+](=O)[O-])cc2c1OCOC2)/C(=C/c1ccco1)n1nnnc1-c1ccccc1. The monoisotopic (exact) mass is 475 g/mol. The van der Waals surface area contributed by atoms with E-state index in [0.717, 1.165) is 0 Å². The van der Waals surface area contributed by atoms with Gasteiger partial charge >= 0.3 is 5.97 Å².